The van der Waals surface area contributed by atoms with E-state index in [1.54, 1.807) is 24.3 Å². The lowest BCUT2D eigenvalue weighted by Gasteiger charge is -2.36. The number of rotatable bonds is 6. The number of urea groups is 1. The fourth-order valence-corrected chi connectivity index (χ4v) is 2.60. The second-order valence-electron chi connectivity index (χ2n) is 6.87. The van der Waals surface area contributed by atoms with E-state index in [-0.39, 0.29) is 17.8 Å². The number of nitrogens with one attached hydrogen (secondary N) is 3. The first kappa shape index (κ1) is 18.8. The topological polar surface area (TPSA) is 79.5 Å². The van der Waals surface area contributed by atoms with Gasteiger partial charge in [0, 0.05) is 18.8 Å². The van der Waals surface area contributed by atoms with E-state index in [0.29, 0.717) is 32.0 Å². The number of hydrogen-bond donors (Lipinski definition) is 3. The Bertz CT molecular complexity index is 802. The van der Waals surface area contributed by atoms with E-state index >= 15 is 0 Å². The monoisotopic (exact) mass is 371 g/mol. The van der Waals surface area contributed by atoms with Crippen molar-refractivity contribution in [2.75, 3.05) is 18.5 Å². The molecule has 27 heavy (non-hydrogen) atoms. The van der Waals surface area contributed by atoms with Gasteiger partial charge in [-0.2, -0.15) is 0 Å². The normalized spacial score (nSPS) is 14.7. The van der Waals surface area contributed by atoms with Crippen molar-refractivity contribution >= 4 is 17.6 Å². The molecule has 0 atom stereocenters. The Kier molecular flexibility index (Phi) is 5.71. The molecule has 1 heterocycles. The summed E-state index contributed by atoms with van der Waals surface area (Å²) in [4.78, 5) is 24.0. The van der Waals surface area contributed by atoms with Crippen molar-refractivity contribution in [2.45, 2.75) is 20.0 Å². The Hall–Kier alpha value is -2.93. The SMILES string of the molecule is CC1(C(=O)NCc2ccc(NC(=O)NCc3ccc(F)cc3)cc2)COC1. The Morgan fingerprint density at radius 1 is 0.963 bits per heavy atom. The first-order valence-corrected chi connectivity index (χ1v) is 8.69. The van der Waals surface area contributed by atoms with Crippen LogP contribution in [-0.4, -0.2) is 25.2 Å². The van der Waals surface area contributed by atoms with Crippen LogP contribution in [0.2, 0.25) is 0 Å². The molecular weight excluding hydrogens is 349 g/mol. The first-order valence-electron chi connectivity index (χ1n) is 8.69. The van der Waals surface area contributed by atoms with Crippen molar-refractivity contribution in [3.05, 3.63) is 65.5 Å². The van der Waals surface area contributed by atoms with Crippen molar-refractivity contribution in [3.63, 3.8) is 0 Å². The molecule has 3 amide bonds. The average Bonchev–Trinajstić information content (AvgIpc) is 2.65. The second-order valence-corrected chi connectivity index (χ2v) is 6.87. The molecule has 0 unspecified atom stereocenters. The molecule has 142 valence electrons. The van der Waals surface area contributed by atoms with Gasteiger partial charge in [-0.1, -0.05) is 24.3 Å². The molecule has 1 aliphatic rings. The highest BCUT2D eigenvalue weighted by atomic mass is 19.1. The van der Waals surface area contributed by atoms with Gasteiger partial charge in [0.05, 0.1) is 18.6 Å². The standard InChI is InChI=1S/C20H22FN3O3/c1-20(12-27-13-20)18(25)22-10-15-4-8-17(9-5-15)24-19(26)23-11-14-2-6-16(21)7-3-14/h2-9H,10-13H2,1H3,(H,22,25)(H2,23,24,26). The summed E-state index contributed by atoms with van der Waals surface area (Å²) in [6, 6.07) is 12.8. The lowest BCUT2D eigenvalue weighted by atomic mass is 9.87. The Morgan fingerprint density at radius 2 is 1.52 bits per heavy atom. The summed E-state index contributed by atoms with van der Waals surface area (Å²) in [5.41, 5.74) is 1.96. The average molecular weight is 371 g/mol. The summed E-state index contributed by atoms with van der Waals surface area (Å²) in [6.07, 6.45) is 0. The molecule has 2 aromatic carbocycles. The van der Waals surface area contributed by atoms with Crippen molar-refractivity contribution in [1.29, 1.82) is 0 Å². The zero-order chi connectivity index (χ0) is 19.3. The van der Waals surface area contributed by atoms with Crippen molar-refractivity contribution in [1.82, 2.24) is 10.6 Å². The van der Waals surface area contributed by atoms with Gasteiger partial charge in [0.1, 0.15) is 5.82 Å². The molecule has 1 fully saturated rings. The van der Waals surface area contributed by atoms with Gasteiger partial charge in [-0.15, -0.1) is 0 Å². The minimum atomic E-state index is -0.426. The molecule has 1 aliphatic heterocycles. The third kappa shape index (κ3) is 5.04. The minimum Gasteiger partial charge on any atom is -0.379 e. The Labute approximate surface area is 157 Å². The van der Waals surface area contributed by atoms with Gasteiger partial charge in [-0.3, -0.25) is 4.79 Å². The smallest absolute Gasteiger partial charge is 0.319 e. The third-order valence-electron chi connectivity index (χ3n) is 4.42. The van der Waals surface area contributed by atoms with Gasteiger partial charge in [-0.25, -0.2) is 9.18 Å². The van der Waals surface area contributed by atoms with Crippen LogP contribution in [0.3, 0.4) is 0 Å². The molecular formula is C20H22FN3O3. The van der Waals surface area contributed by atoms with Crippen LogP contribution in [0.4, 0.5) is 14.9 Å². The molecule has 0 aliphatic carbocycles. The van der Waals surface area contributed by atoms with Gasteiger partial charge in [0.25, 0.3) is 0 Å². The van der Waals surface area contributed by atoms with E-state index < -0.39 is 5.41 Å². The fraction of sp³-hybridized carbons (Fsp3) is 0.300. The number of hydrogen-bond acceptors (Lipinski definition) is 3. The van der Waals surface area contributed by atoms with Crippen molar-refractivity contribution in [2.24, 2.45) is 5.41 Å². The summed E-state index contributed by atoms with van der Waals surface area (Å²) < 4.78 is 17.9. The molecule has 0 aromatic heterocycles. The highest BCUT2D eigenvalue weighted by Crippen LogP contribution is 2.26. The first-order chi connectivity index (χ1) is 12.9. The summed E-state index contributed by atoms with van der Waals surface area (Å²) in [5, 5.41) is 8.34. The molecule has 0 bridgehead atoms. The van der Waals surface area contributed by atoms with Crippen LogP contribution in [0.1, 0.15) is 18.1 Å². The van der Waals surface area contributed by atoms with Crippen LogP contribution in [0.15, 0.2) is 48.5 Å². The van der Waals surface area contributed by atoms with E-state index in [1.807, 2.05) is 19.1 Å². The van der Waals surface area contributed by atoms with E-state index in [1.165, 1.54) is 12.1 Å². The number of benzene rings is 2. The summed E-state index contributed by atoms with van der Waals surface area (Å²) in [5.74, 6) is -0.328. The Balaban J connectivity index is 1.43. The second kappa shape index (κ2) is 8.18. The zero-order valence-corrected chi connectivity index (χ0v) is 15.0. The molecule has 6 nitrogen and oxygen atoms in total. The molecule has 0 saturated carbocycles. The molecule has 7 heteroatoms. The quantitative estimate of drug-likeness (QED) is 0.731. The van der Waals surface area contributed by atoms with Gasteiger partial charge < -0.3 is 20.7 Å². The minimum absolute atomic E-state index is 0.0175. The molecule has 1 saturated heterocycles. The maximum Gasteiger partial charge on any atom is 0.319 e. The van der Waals surface area contributed by atoms with E-state index in [4.69, 9.17) is 4.74 Å². The van der Waals surface area contributed by atoms with Crippen LogP contribution < -0.4 is 16.0 Å². The number of carbonyl (C=O) groups is 2. The molecule has 0 spiro atoms. The van der Waals surface area contributed by atoms with Crippen LogP contribution in [0.25, 0.3) is 0 Å². The Morgan fingerprint density at radius 3 is 2.07 bits per heavy atom. The van der Waals surface area contributed by atoms with Crippen molar-refractivity contribution in [3.8, 4) is 0 Å². The van der Waals surface area contributed by atoms with Gasteiger partial charge in [0.15, 0.2) is 0 Å². The number of amides is 3. The van der Waals surface area contributed by atoms with Gasteiger partial charge in [0.2, 0.25) is 5.91 Å². The van der Waals surface area contributed by atoms with Crippen LogP contribution >= 0.6 is 0 Å². The number of carbonyl (C=O) groups excluding carboxylic acids is 2. The maximum absolute atomic E-state index is 12.9. The highest BCUT2D eigenvalue weighted by Gasteiger charge is 2.40. The van der Waals surface area contributed by atoms with Gasteiger partial charge in [-0.05, 0) is 42.3 Å². The number of halogens is 1. The van der Waals surface area contributed by atoms with Gasteiger partial charge >= 0.3 is 6.03 Å². The summed E-state index contributed by atoms with van der Waals surface area (Å²) in [6.45, 7) is 3.51. The summed E-state index contributed by atoms with van der Waals surface area (Å²) >= 11 is 0. The van der Waals surface area contributed by atoms with Crippen LogP contribution in [0, 0.1) is 11.2 Å². The maximum atomic E-state index is 12.9. The third-order valence-corrected chi connectivity index (χ3v) is 4.42. The predicted molar refractivity (Wildman–Crippen MR) is 99.5 cm³/mol. The van der Waals surface area contributed by atoms with E-state index in [2.05, 4.69) is 16.0 Å². The predicted octanol–water partition coefficient (Wildman–Crippen LogP) is 2.80. The van der Waals surface area contributed by atoms with Crippen LogP contribution in [0.5, 0.6) is 0 Å². The lowest BCUT2D eigenvalue weighted by Crippen LogP contribution is -2.51. The number of anilines is 1. The van der Waals surface area contributed by atoms with Crippen molar-refractivity contribution < 1.29 is 18.7 Å². The molecule has 3 rings (SSSR count). The summed E-state index contributed by atoms with van der Waals surface area (Å²) in [7, 11) is 0. The lowest BCUT2D eigenvalue weighted by molar-refractivity contribution is -0.157. The van der Waals surface area contributed by atoms with E-state index in [0.717, 1.165) is 11.1 Å². The van der Waals surface area contributed by atoms with E-state index in [9.17, 15) is 14.0 Å². The molecule has 3 N–H and O–H groups in total. The molecule has 0 radical (unpaired) electrons. The zero-order valence-electron chi connectivity index (χ0n) is 15.0. The molecule has 2 aromatic rings. The number of ether oxygens (including phenoxy) is 1. The fourth-order valence-electron chi connectivity index (χ4n) is 2.60. The largest absolute Gasteiger partial charge is 0.379 e. The van der Waals surface area contributed by atoms with Crippen LogP contribution in [-0.2, 0) is 22.6 Å². The highest BCUT2D eigenvalue weighted by molar-refractivity contribution is 5.89.